The molecule has 0 aliphatic rings. The summed E-state index contributed by atoms with van der Waals surface area (Å²) in [6.07, 6.45) is 2.95. The molecule has 2 amide bonds. The molecule has 0 saturated carbocycles. The molecule has 2 N–H and O–H groups in total. The fraction of sp³-hybridized carbons (Fsp3) is 0.649. The maximum atomic E-state index is 13.3. The molecule has 0 aliphatic carbocycles. The van der Waals surface area contributed by atoms with Gasteiger partial charge in [-0.2, -0.15) is 0 Å². The third kappa shape index (κ3) is 22.5. The molecule has 0 unspecified atom stereocenters. The number of nitrogens with zero attached hydrogens (tertiary/aromatic N) is 1. The van der Waals surface area contributed by atoms with Crippen LogP contribution in [0.2, 0.25) is 0 Å². The summed E-state index contributed by atoms with van der Waals surface area (Å²) in [5, 5.41) is 0. The molecule has 54 heavy (non-hydrogen) atoms. The first-order chi connectivity index (χ1) is 26.6. The Labute approximate surface area is 318 Å². The Morgan fingerprint density at radius 1 is 0.444 bits per heavy atom. The van der Waals surface area contributed by atoms with Crippen LogP contribution >= 0.6 is 0 Å². The van der Waals surface area contributed by atoms with E-state index in [1.54, 1.807) is 0 Å². The fourth-order valence-corrected chi connectivity index (χ4v) is 4.20. The van der Waals surface area contributed by atoms with Crippen molar-refractivity contribution >= 4 is 11.8 Å². The van der Waals surface area contributed by atoms with Crippen LogP contribution in [0.3, 0.4) is 0 Å². The van der Waals surface area contributed by atoms with Crippen molar-refractivity contribution in [1.82, 2.24) is 15.8 Å². The summed E-state index contributed by atoms with van der Waals surface area (Å²) in [7, 11) is 0. The Balaban J connectivity index is 2.09. The number of benzene rings is 1. The highest BCUT2D eigenvalue weighted by atomic mass is 16.6. The number of ether oxygens (including phenoxy) is 12. The predicted molar refractivity (Wildman–Crippen MR) is 196 cm³/mol. The minimum absolute atomic E-state index is 0.126. The van der Waals surface area contributed by atoms with Crippen LogP contribution in [0.15, 0.2) is 36.7 Å². The zero-order chi connectivity index (χ0) is 38.7. The van der Waals surface area contributed by atoms with Gasteiger partial charge in [-0.05, 0) is 45.0 Å². The van der Waals surface area contributed by atoms with E-state index < -0.39 is 11.8 Å². The van der Waals surface area contributed by atoms with Crippen LogP contribution < -0.4 is 25.1 Å². The molecule has 0 saturated heterocycles. The maximum absolute atomic E-state index is 13.3. The molecular formula is C37H59N3O14. The quantitative estimate of drug-likeness (QED) is 0.0771. The average Bonchev–Trinajstić information content (AvgIpc) is 3.19. The summed E-state index contributed by atoms with van der Waals surface area (Å²) in [5.74, 6) is -0.443. The normalized spacial score (nSPS) is 11.0. The third-order valence-corrected chi connectivity index (χ3v) is 6.80. The number of carbonyl (C=O) groups excluding carboxylic acids is 2. The van der Waals surface area contributed by atoms with Gasteiger partial charge in [0.25, 0.3) is 11.8 Å². The van der Waals surface area contributed by atoms with E-state index >= 15 is 0 Å². The van der Waals surface area contributed by atoms with Gasteiger partial charge in [0.1, 0.15) is 19.8 Å². The van der Waals surface area contributed by atoms with Crippen molar-refractivity contribution in [2.75, 3.05) is 139 Å². The Morgan fingerprint density at radius 3 is 1.13 bits per heavy atom. The van der Waals surface area contributed by atoms with E-state index in [0.29, 0.717) is 105 Å². The molecule has 1 heterocycles. The molecule has 0 aliphatic heterocycles. The Morgan fingerprint density at radius 2 is 0.759 bits per heavy atom. The lowest BCUT2D eigenvalue weighted by molar-refractivity contribution is 0.00864. The molecule has 17 heteroatoms. The zero-order valence-corrected chi connectivity index (χ0v) is 32.0. The van der Waals surface area contributed by atoms with E-state index in [-0.39, 0.29) is 62.5 Å². The summed E-state index contributed by atoms with van der Waals surface area (Å²) < 4.78 is 67.5. The number of aromatic nitrogens is 1. The number of carbonyl (C=O) groups is 2. The van der Waals surface area contributed by atoms with Crippen molar-refractivity contribution in [3.05, 3.63) is 47.8 Å². The van der Waals surface area contributed by atoms with E-state index in [9.17, 15) is 9.59 Å². The largest absolute Gasteiger partial charge is 0.487 e. The van der Waals surface area contributed by atoms with E-state index in [1.165, 1.54) is 36.7 Å². The zero-order valence-electron chi connectivity index (χ0n) is 32.0. The highest BCUT2D eigenvalue weighted by Crippen LogP contribution is 2.39. The Kier molecular flexibility index (Phi) is 28.2. The SMILES string of the molecule is CCOCCOCCOCCOc1cc(C(=O)NNC(=O)c2ccncc2)cc(OCCOCCOCCOCC)c1OCCOCCOCCOCC. The van der Waals surface area contributed by atoms with Gasteiger partial charge in [-0.1, -0.05) is 0 Å². The molecule has 2 rings (SSSR count). The molecule has 0 atom stereocenters. The molecule has 0 radical (unpaired) electrons. The van der Waals surface area contributed by atoms with Crippen molar-refractivity contribution in [3.8, 4) is 17.2 Å². The number of hydrazine groups is 1. The summed E-state index contributed by atoms with van der Waals surface area (Å²) >= 11 is 0. The van der Waals surface area contributed by atoms with E-state index in [2.05, 4.69) is 15.8 Å². The van der Waals surface area contributed by atoms with Gasteiger partial charge in [0.15, 0.2) is 11.5 Å². The summed E-state index contributed by atoms with van der Waals surface area (Å²) in [6, 6.07) is 6.04. The number of hydrogen-bond donors (Lipinski definition) is 2. The lowest BCUT2D eigenvalue weighted by Gasteiger charge is -2.19. The highest BCUT2D eigenvalue weighted by Gasteiger charge is 2.20. The van der Waals surface area contributed by atoms with Crippen LogP contribution in [0, 0.1) is 0 Å². The van der Waals surface area contributed by atoms with E-state index in [1.807, 2.05) is 20.8 Å². The smallest absolute Gasteiger partial charge is 0.269 e. The van der Waals surface area contributed by atoms with Gasteiger partial charge in [0.2, 0.25) is 5.75 Å². The van der Waals surface area contributed by atoms with Gasteiger partial charge < -0.3 is 56.8 Å². The van der Waals surface area contributed by atoms with Crippen LogP contribution in [0.4, 0.5) is 0 Å². The third-order valence-electron chi connectivity index (χ3n) is 6.80. The summed E-state index contributed by atoms with van der Waals surface area (Å²) in [4.78, 5) is 29.8. The second-order valence-electron chi connectivity index (χ2n) is 10.8. The minimum atomic E-state index is -0.618. The van der Waals surface area contributed by atoms with Crippen LogP contribution in [0.5, 0.6) is 17.2 Å². The van der Waals surface area contributed by atoms with Crippen molar-refractivity contribution in [2.24, 2.45) is 0 Å². The lowest BCUT2D eigenvalue weighted by Crippen LogP contribution is -2.41. The van der Waals surface area contributed by atoms with E-state index in [4.69, 9.17) is 56.8 Å². The molecule has 2 aromatic rings. The minimum Gasteiger partial charge on any atom is -0.487 e. The lowest BCUT2D eigenvalue weighted by atomic mass is 10.1. The van der Waals surface area contributed by atoms with Gasteiger partial charge in [-0.15, -0.1) is 0 Å². The second kappa shape index (κ2) is 32.8. The summed E-state index contributed by atoms with van der Waals surface area (Å²) in [5.41, 5.74) is 5.29. The second-order valence-corrected chi connectivity index (χ2v) is 10.8. The van der Waals surface area contributed by atoms with Crippen LogP contribution in [0.1, 0.15) is 41.5 Å². The van der Waals surface area contributed by atoms with Gasteiger partial charge in [-0.25, -0.2) is 0 Å². The van der Waals surface area contributed by atoms with Crippen LogP contribution in [-0.2, 0) is 42.6 Å². The Hall–Kier alpha value is -3.65. The highest BCUT2D eigenvalue weighted by molar-refractivity contribution is 5.99. The standard InChI is InChI=1S/C37H59N3O14/c1-4-43-11-14-46-17-20-49-23-26-52-33-29-32(37(42)40-39-36(41)31-7-9-38-10-8-31)30-34(53-27-24-50-21-18-47-15-12-44-5-2)35(33)54-28-25-51-22-19-48-16-13-45-6-3/h7-10,29-30H,4-6,11-28H2,1-3H3,(H,39,41)(H,40,42). The van der Waals surface area contributed by atoms with Gasteiger partial charge >= 0.3 is 0 Å². The fourth-order valence-electron chi connectivity index (χ4n) is 4.20. The van der Waals surface area contributed by atoms with Crippen molar-refractivity contribution in [3.63, 3.8) is 0 Å². The predicted octanol–water partition coefficient (Wildman–Crippen LogP) is 2.50. The van der Waals surface area contributed by atoms with Crippen LogP contribution in [0.25, 0.3) is 0 Å². The van der Waals surface area contributed by atoms with Crippen LogP contribution in [-0.4, -0.2) is 156 Å². The van der Waals surface area contributed by atoms with Crippen molar-refractivity contribution < 1.29 is 66.4 Å². The van der Waals surface area contributed by atoms with Crippen molar-refractivity contribution in [2.45, 2.75) is 20.8 Å². The first-order valence-electron chi connectivity index (χ1n) is 18.4. The Bertz CT molecular complexity index is 1180. The van der Waals surface area contributed by atoms with Gasteiger partial charge in [0, 0.05) is 43.3 Å². The number of pyridine rings is 1. The number of hydrogen-bond acceptors (Lipinski definition) is 15. The molecule has 0 spiro atoms. The molecule has 0 bridgehead atoms. The monoisotopic (exact) mass is 769 g/mol. The van der Waals surface area contributed by atoms with Gasteiger partial charge in [0.05, 0.1) is 99.1 Å². The van der Waals surface area contributed by atoms with E-state index in [0.717, 1.165) is 0 Å². The topological polar surface area (TPSA) is 182 Å². The summed E-state index contributed by atoms with van der Waals surface area (Å²) in [6.45, 7) is 14.1. The van der Waals surface area contributed by atoms with Crippen molar-refractivity contribution in [1.29, 1.82) is 0 Å². The molecule has 1 aromatic carbocycles. The van der Waals surface area contributed by atoms with Gasteiger partial charge in [-0.3, -0.25) is 25.4 Å². The average molecular weight is 770 g/mol. The maximum Gasteiger partial charge on any atom is 0.269 e. The first kappa shape index (κ1) is 46.5. The molecular weight excluding hydrogens is 710 g/mol. The number of nitrogens with one attached hydrogen (secondary N) is 2. The number of amides is 2. The molecule has 0 fully saturated rings. The molecule has 306 valence electrons. The number of rotatable bonds is 35. The first-order valence-corrected chi connectivity index (χ1v) is 18.4. The molecule has 1 aromatic heterocycles. The molecule has 17 nitrogen and oxygen atoms in total.